The number of nitrogens with zero attached hydrogens (tertiary/aromatic N) is 5. The third-order valence-electron chi connectivity index (χ3n) is 3.75. The first-order valence-electron chi connectivity index (χ1n) is 7.32. The molecule has 7 heteroatoms. The maximum absolute atomic E-state index is 13.3. The molecule has 0 saturated carbocycles. The smallest absolute Gasteiger partial charge is 0.220 e. The number of hydrogen-bond donors (Lipinski definition) is 1. The number of fused-ring (bicyclic) bond motifs is 1. The molecule has 0 atom stereocenters. The first kappa shape index (κ1) is 14.3. The van der Waals surface area contributed by atoms with Gasteiger partial charge in [-0.1, -0.05) is 0 Å². The van der Waals surface area contributed by atoms with Crippen molar-refractivity contribution in [1.82, 2.24) is 24.3 Å². The highest BCUT2D eigenvalue weighted by Gasteiger charge is 2.18. The minimum absolute atomic E-state index is 0.179. The number of nitrogen functional groups attached to an aromatic ring is 1. The lowest BCUT2D eigenvalue weighted by molar-refractivity contribution is 0.628. The van der Waals surface area contributed by atoms with Gasteiger partial charge in [-0.3, -0.25) is 9.38 Å². The van der Waals surface area contributed by atoms with Crippen LogP contribution in [0.25, 0.3) is 28.3 Å². The highest BCUT2D eigenvalue weighted by atomic mass is 19.1. The third-order valence-corrected chi connectivity index (χ3v) is 3.75. The van der Waals surface area contributed by atoms with Crippen molar-refractivity contribution in [3.05, 3.63) is 60.4 Å². The van der Waals surface area contributed by atoms with Crippen molar-refractivity contribution in [3.8, 4) is 22.6 Å². The molecular formula is C17H13FN6. The predicted octanol–water partition coefficient (Wildman–Crippen LogP) is 2.88. The number of halogens is 1. The van der Waals surface area contributed by atoms with E-state index >= 15 is 0 Å². The van der Waals surface area contributed by atoms with E-state index in [1.54, 1.807) is 30.6 Å². The second-order valence-corrected chi connectivity index (χ2v) is 5.32. The molecule has 0 spiro atoms. The summed E-state index contributed by atoms with van der Waals surface area (Å²) < 4.78 is 15.2. The number of hydrogen-bond acceptors (Lipinski definition) is 5. The molecule has 0 amide bonds. The quantitative estimate of drug-likeness (QED) is 0.614. The second kappa shape index (κ2) is 5.38. The Morgan fingerprint density at radius 1 is 1.00 bits per heavy atom. The highest BCUT2D eigenvalue weighted by molar-refractivity contribution is 5.81. The van der Waals surface area contributed by atoms with Gasteiger partial charge in [0.1, 0.15) is 5.82 Å². The van der Waals surface area contributed by atoms with Gasteiger partial charge in [-0.05, 0) is 37.3 Å². The van der Waals surface area contributed by atoms with Crippen LogP contribution in [-0.4, -0.2) is 24.3 Å². The van der Waals surface area contributed by atoms with Gasteiger partial charge in [0, 0.05) is 24.2 Å². The molecule has 0 unspecified atom stereocenters. The lowest BCUT2D eigenvalue weighted by Crippen LogP contribution is -1.98. The van der Waals surface area contributed by atoms with Crippen LogP contribution in [-0.2, 0) is 0 Å². The van der Waals surface area contributed by atoms with Crippen molar-refractivity contribution < 1.29 is 4.39 Å². The molecule has 118 valence electrons. The zero-order valence-electron chi connectivity index (χ0n) is 12.8. The third kappa shape index (κ3) is 2.26. The number of aryl methyl sites for hydroxylation is 1. The van der Waals surface area contributed by atoms with Gasteiger partial charge >= 0.3 is 0 Å². The van der Waals surface area contributed by atoms with Gasteiger partial charge in [0.15, 0.2) is 5.65 Å². The number of benzene rings is 1. The van der Waals surface area contributed by atoms with Crippen LogP contribution in [0.1, 0.15) is 5.69 Å². The van der Waals surface area contributed by atoms with E-state index in [0.29, 0.717) is 17.0 Å². The molecule has 0 radical (unpaired) electrons. The number of anilines is 1. The van der Waals surface area contributed by atoms with E-state index in [4.69, 9.17) is 10.7 Å². The largest absolute Gasteiger partial charge is 0.368 e. The monoisotopic (exact) mass is 320 g/mol. The first-order valence-corrected chi connectivity index (χ1v) is 7.32. The molecule has 1 aromatic carbocycles. The fourth-order valence-electron chi connectivity index (χ4n) is 2.66. The van der Waals surface area contributed by atoms with Crippen LogP contribution in [0, 0.1) is 12.7 Å². The molecule has 0 fully saturated rings. The summed E-state index contributed by atoms with van der Waals surface area (Å²) in [7, 11) is 0. The van der Waals surface area contributed by atoms with E-state index < -0.39 is 0 Å². The summed E-state index contributed by atoms with van der Waals surface area (Å²) in [5.41, 5.74) is 10.1. The van der Waals surface area contributed by atoms with Crippen LogP contribution >= 0.6 is 0 Å². The van der Waals surface area contributed by atoms with Gasteiger partial charge in [-0.2, -0.15) is 0 Å². The van der Waals surface area contributed by atoms with Crippen LogP contribution in [0.4, 0.5) is 10.3 Å². The van der Waals surface area contributed by atoms with Crippen molar-refractivity contribution in [2.24, 2.45) is 0 Å². The van der Waals surface area contributed by atoms with Crippen LogP contribution in [0.15, 0.2) is 48.9 Å². The number of rotatable bonds is 2. The number of nitrogens with two attached hydrogens (primary N) is 1. The van der Waals surface area contributed by atoms with Crippen molar-refractivity contribution in [3.63, 3.8) is 0 Å². The van der Waals surface area contributed by atoms with E-state index in [2.05, 4.69) is 15.0 Å². The normalized spacial score (nSPS) is 11.1. The molecule has 4 aromatic rings. The Hall–Kier alpha value is -3.35. The Kier molecular flexibility index (Phi) is 3.19. The van der Waals surface area contributed by atoms with E-state index in [-0.39, 0.29) is 11.8 Å². The Morgan fingerprint density at radius 2 is 1.79 bits per heavy atom. The fourth-order valence-corrected chi connectivity index (χ4v) is 2.66. The average Bonchev–Trinajstić information content (AvgIpc) is 2.96. The summed E-state index contributed by atoms with van der Waals surface area (Å²) in [6.07, 6.45) is 5.11. The first-order chi connectivity index (χ1) is 11.6. The summed E-state index contributed by atoms with van der Waals surface area (Å²) in [6, 6.07) is 7.95. The highest BCUT2D eigenvalue weighted by Crippen LogP contribution is 2.32. The van der Waals surface area contributed by atoms with Crippen LogP contribution in [0.3, 0.4) is 0 Å². The van der Waals surface area contributed by atoms with Gasteiger partial charge in [-0.25, -0.2) is 19.3 Å². The Balaban J connectivity index is 2.07. The Bertz CT molecular complexity index is 1040. The predicted molar refractivity (Wildman–Crippen MR) is 88.6 cm³/mol. The minimum Gasteiger partial charge on any atom is -0.368 e. The van der Waals surface area contributed by atoms with E-state index in [0.717, 1.165) is 17.0 Å². The molecule has 24 heavy (non-hydrogen) atoms. The zero-order chi connectivity index (χ0) is 16.7. The summed E-state index contributed by atoms with van der Waals surface area (Å²) in [5.74, 6) is -0.119. The molecular weight excluding hydrogens is 307 g/mol. The summed E-state index contributed by atoms with van der Waals surface area (Å²) >= 11 is 0. The van der Waals surface area contributed by atoms with E-state index in [1.165, 1.54) is 12.1 Å². The molecule has 0 bridgehead atoms. The van der Waals surface area contributed by atoms with Crippen molar-refractivity contribution in [2.45, 2.75) is 6.92 Å². The second-order valence-electron chi connectivity index (χ2n) is 5.32. The topological polar surface area (TPSA) is 82.0 Å². The molecule has 6 nitrogen and oxygen atoms in total. The SMILES string of the molecule is Cc1nccn2c(-c3ccnc(N)n3)c(-c3ccc(F)cc3)nc12. The molecule has 0 saturated heterocycles. The Morgan fingerprint density at radius 3 is 2.54 bits per heavy atom. The summed E-state index contributed by atoms with van der Waals surface area (Å²) in [4.78, 5) is 17.2. The summed E-state index contributed by atoms with van der Waals surface area (Å²) in [6.45, 7) is 1.88. The van der Waals surface area contributed by atoms with Crippen LogP contribution in [0.2, 0.25) is 0 Å². The maximum atomic E-state index is 13.3. The lowest BCUT2D eigenvalue weighted by atomic mass is 10.1. The van der Waals surface area contributed by atoms with Gasteiger partial charge in [0.2, 0.25) is 5.95 Å². The van der Waals surface area contributed by atoms with Gasteiger partial charge in [-0.15, -0.1) is 0 Å². The van der Waals surface area contributed by atoms with E-state index in [1.807, 2.05) is 17.5 Å². The fraction of sp³-hybridized carbons (Fsp3) is 0.0588. The van der Waals surface area contributed by atoms with E-state index in [9.17, 15) is 4.39 Å². The van der Waals surface area contributed by atoms with Crippen LogP contribution < -0.4 is 5.73 Å². The number of aromatic nitrogens is 5. The maximum Gasteiger partial charge on any atom is 0.220 e. The van der Waals surface area contributed by atoms with Crippen LogP contribution in [0.5, 0.6) is 0 Å². The molecule has 0 aliphatic heterocycles. The molecule has 0 aliphatic carbocycles. The number of imidazole rings is 1. The van der Waals surface area contributed by atoms with Gasteiger partial charge in [0.25, 0.3) is 0 Å². The standard InChI is InChI=1S/C17H13FN6/c1-10-16-23-14(11-2-4-12(18)5-3-11)15(24(16)9-8-20-10)13-6-7-21-17(19)22-13/h2-9H,1H3,(H2,19,21,22). The van der Waals surface area contributed by atoms with Crippen molar-refractivity contribution in [2.75, 3.05) is 5.73 Å². The summed E-state index contributed by atoms with van der Waals surface area (Å²) in [5, 5.41) is 0. The molecule has 2 N–H and O–H groups in total. The Labute approximate surface area is 136 Å². The molecule has 0 aliphatic rings. The molecule has 4 rings (SSSR count). The van der Waals surface area contributed by atoms with Gasteiger partial charge < -0.3 is 5.73 Å². The molecule has 3 heterocycles. The molecule has 3 aromatic heterocycles. The van der Waals surface area contributed by atoms with Gasteiger partial charge in [0.05, 0.1) is 22.8 Å². The average molecular weight is 320 g/mol. The zero-order valence-corrected chi connectivity index (χ0v) is 12.8. The van der Waals surface area contributed by atoms with Crippen molar-refractivity contribution in [1.29, 1.82) is 0 Å². The van der Waals surface area contributed by atoms with Crippen molar-refractivity contribution >= 4 is 11.6 Å². The minimum atomic E-state index is -0.298. The lowest BCUT2D eigenvalue weighted by Gasteiger charge is -2.05.